The predicted molar refractivity (Wildman–Crippen MR) is 209 cm³/mol. The van der Waals surface area contributed by atoms with Gasteiger partial charge in [0.05, 0.1) is 25.4 Å². The van der Waals surface area contributed by atoms with Crippen LogP contribution in [-0.4, -0.2) is 43.3 Å². The van der Waals surface area contributed by atoms with Crippen LogP contribution in [0.25, 0.3) is 21.9 Å². The van der Waals surface area contributed by atoms with E-state index in [-0.39, 0.29) is 30.5 Å². The van der Waals surface area contributed by atoms with Crippen LogP contribution >= 0.6 is 0 Å². The quantitative estimate of drug-likeness (QED) is 0.0310. The van der Waals surface area contributed by atoms with Gasteiger partial charge < -0.3 is 19.3 Å². The van der Waals surface area contributed by atoms with Crippen molar-refractivity contribution in [2.45, 2.75) is 97.4 Å². The molecule has 5 heteroatoms. The lowest BCUT2D eigenvalue weighted by Gasteiger charge is -2.17. The number of esters is 1. The van der Waals surface area contributed by atoms with E-state index in [1.54, 1.807) is 5.56 Å². The van der Waals surface area contributed by atoms with Crippen LogP contribution in [0.1, 0.15) is 80.7 Å². The van der Waals surface area contributed by atoms with Crippen molar-refractivity contribution < 1.29 is 24.1 Å². The van der Waals surface area contributed by atoms with E-state index >= 15 is 0 Å². The van der Waals surface area contributed by atoms with Gasteiger partial charge in [-0.15, -0.1) is 0 Å². The van der Waals surface area contributed by atoms with Crippen LogP contribution < -0.4 is 0 Å². The highest BCUT2D eigenvalue weighted by atomic mass is 16.8. The minimum absolute atomic E-state index is 0.0361. The summed E-state index contributed by atoms with van der Waals surface area (Å²) >= 11 is 0. The molecule has 0 saturated carbocycles. The Morgan fingerprint density at radius 2 is 1.41 bits per heavy atom. The maximum Gasteiger partial charge on any atom is 0.335 e. The molecule has 270 valence electrons. The third-order valence-corrected chi connectivity index (χ3v) is 9.96. The lowest BCUT2D eigenvalue weighted by Crippen LogP contribution is -2.23. The molecular formula is C46H56O5. The van der Waals surface area contributed by atoms with Gasteiger partial charge in [-0.2, -0.15) is 0 Å². The van der Waals surface area contributed by atoms with E-state index in [9.17, 15) is 9.90 Å². The summed E-state index contributed by atoms with van der Waals surface area (Å²) in [5.41, 5.74) is 10.4. The summed E-state index contributed by atoms with van der Waals surface area (Å²) in [5.74, 6) is -0.680. The van der Waals surface area contributed by atoms with Gasteiger partial charge in [-0.1, -0.05) is 113 Å². The van der Waals surface area contributed by atoms with E-state index in [4.69, 9.17) is 14.2 Å². The van der Waals surface area contributed by atoms with E-state index in [0.29, 0.717) is 13.0 Å². The fourth-order valence-corrected chi connectivity index (χ4v) is 6.76. The smallest absolute Gasteiger partial charge is 0.335 e. The van der Waals surface area contributed by atoms with Crippen molar-refractivity contribution in [1.29, 1.82) is 0 Å². The summed E-state index contributed by atoms with van der Waals surface area (Å²) < 4.78 is 16.9. The molecule has 5 nitrogen and oxygen atoms in total. The topological polar surface area (TPSA) is 68.3 Å². The molecule has 1 heterocycles. The van der Waals surface area contributed by atoms with Crippen LogP contribution in [0.5, 0.6) is 0 Å². The fraction of sp³-hybridized carbons (Fsp3) is 0.413. The molecule has 3 atom stereocenters. The highest BCUT2D eigenvalue weighted by Gasteiger charge is 2.41. The minimum atomic E-state index is -0.594. The Balaban J connectivity index is 1.14. The van der Waals surface area contributed by atoms with Gasteiger partial charge in [0.25, 0.3) is 0 Å². The molecule has 1 aliphatic heterocycles. The number of hydrogen-bond donors (Lipinski definition) is 1. The third kappa shape index (κ3) is 11.2. The Hall–Kier alpha value is -4.03. The Morgan fingerprint density at radius 1 is 0.765 bits per heavy atom. The maximum atomic E-state index is 12.1. The first kappa shape index (κ1) is 38.2. The first-order valence-electron chi connectivity index (χ1n) is 18.9. The zero-order chi connectivity index (χ0) is 36.2. The van der Waals surface area contributed by atoms with E-state index in [1.807, 2.05) is 6.92 Å². The van der Waals surface area contributed by atoms with Crippen molar-refractivity contribution in [2.75, 3.05) is 19.8 Å². The molecule has 1 aliphatic rings. The summed E-state index contributed by atoms with van der Waals surface area (Å²) in [6.45, 7) is 14.1. The second kappa shape index (κ2) is 19.0. The third-order valence-electron chi connectivity index (χ3n) is 9.96. The summed E-state index contributed by atoms with van der Waals surface area (Å²) in [5, 5.41) is 11.7. The first-order valence-corrected chi connectivity index (χ1v) is 18.9. The van der Waals surface area contributed by atoms with Gasteiger partial charge in [-0.05, 0) is 120 Å². The van der Waals surface area contributed by atoms with Crippen LogP contribution in [0, 0.1) is 5.92 Å². The number of aliphatic hydroxyl groups excluding tert-OH is 1. The Bertz CT molecular complexity index is 1770. The van der Waals surface area contributed by atoms with Crippen LogP contribution in [-0.2, 0) is 51.1 Å². The van der Waals surface area contributed by atoms with Gasteiger partial charge in [-0.25, -0.2) is 4.79 Å². The number of carbonyl (C=O) groups is 1. The fourth-order valence-electron chi connectivity index (χ4n) is 6.76. The van der Waals surface area contributed by atoms with Crippen LogP contribution in [0.2, 0.25) is 0 Å². The highest BCUT2D eigenvalue weighted by Crippen LogP contribution is 2.30. The molecule has 0 aromatic heterocycles. The zero-order valence-corrected chi connectivity index (χ0v) is 30.9. The van der Waals surface area contributed by atoms with Crippen molar-refractivity contribution >= 4 is 16.7 Å². The molecule has 1 N–H and O–H groups in total. The first-order chi connectivity index (χ1) is 24.8. The largest absolute Gasteiger partial charge is 0.462 e. The molecule has 3 unspecified atom stereocenters. The molecule has 0 spiro atoms. The lowest BCUT2D eigenvalue weighted by atomic mass is 9.94. The second-order valence-corrected chi connectivity index (χ2v) is 14.2. The van der Waals surface area contributed by atoms with Crippen LogP contribution in [0.3, 0.4) is 0 Å². The molecule has 0 amide bonds. The zero-order valence-electron chi connectivity index (χ0n) is 30.9. The van der Waals surface area contributed by atoms with E-state index < -0.39 is 12.6 Å². The van der Waals surface area contributed by atoms with Crippen molar-refractivity contribution in [3.8, 4) is 11.1 Å². The standard InChI is InChI=1S/C46H56O5/c1-6-8-9-14-39-19-15-34(26-38(39)7-2)12-10-11-13-35-18-22-43-28-42(24-23-41(43)27-35)40-20-16-36(17-21-40)25-37(30-49-45(48)33(5)29-47)31-50-46-44(51-46)32(3)4/h15-24,26-28,37,44,46-47H,3,5-14,25,29-31H2,1-2,4H3. The number of rotatable bonds is 21. The van der Waals surface area contributed by atoms with E-state index in [2.05, 4.69) is 106 Å². The lowest BCUT2D eigenvalue weighted by molar-refractivity contribution is -0.141. The number of benzene rings is 4. The van der Waals surface area contributed by atoms with E-state index in [1.165, 1.54) is 71.6 Å². The Morgan fingerprint density at radius 3 is 2.10 bits per heavy atom. The molecule has 1 fully saturated rings. The molecule has 0 aliphatic carbocycles. The molecule has 4 aromatic carbocycles. The van der Waals surface area contributed by atoms with Gasteiger partial charge in [0.1, 0.15) is 6.10 Å². The second-order valence-electron chi connectivity index (χ2n) is 14.2. The molecule has 0 bridgehead atoms. The number of carbonyl (C=O) groups excluding carboxylic acids is 1. The predicted octanol–water partition coefficient (Wildman–Crippen LogP) is 9.94. The number of fused-ring (bicyclic) bond motifs is 1. The van der Waals surface area contributed by atoms with E-state index in [0.717, 1.165) is 36.0 Å². The highest BCUT2D eigenvalue weighted by molar-refractivity contribution is 5.88. The Kier molecular flexibility index (Phi) is 14.2. The van der Waals surface area contributed by atoms with Crippen LogP contribution in [0.4, 0.5) is 0 Å². The summed E-state index contributed by atoms with van der Waals surface area (Å²) in [6.07, 6.45) is 11.1. The van der Waals surface area contributed by atoms with Crippen molar-refractivity contribution in [3.05, 3.63) is 131 Å². The van der Waals surface area contributed by atoms with Gasteiger partial charge in [0, 0.05) is 5.92 Å². The molecule has 0 radical (unpaired) electrons. The van der Waals surface area contributed by atoms with Crippen molar-refractivity contribution in [1.82, 2.24) is 0 Å². The average molecular weight is 689 g/mol. The number of hydrogen-bond acceptors (Lipinski definition) is 5. The molecule has 1 saturated heterocycles. The van der Waals surface area contributed by atoms with Crippen molar-refractivity contribution in [2.24, 2.45) is 5.92 Å². The number of aliphatic hydroxyl groups is 1. The van der Waals surface area contributed by atoms with Crippen LogP contribution in [0.15, 0.2) is 103 Å². The SMILES string of the molecule is C=C(CO)C(=O)OCC(COC1OC1C(=C)C)Cc1ccc(-c2ccc3cc(CCCCc4ccc(CCCCC)c(CC)c4)ccc3c2)cc1. The normalized spacial score (nSPS) is 15.8. The molecule has 4 aromatic rings. The number of unbranched alkanes of at least 4 members (excludes halogenated alkanes) is 3. The number of ether oxygens (including phenoxy) is 3. The molecule has 5 rings (SSSR count). The van der Waals surface area contributed by atoms with Gasteiger partial charge in [0.2, 0.25) is 0 Å². The Labute approximate surface area is 305 Å². The molecule has 51 heavy (non-hydrogen) atoms. The maximum absolute atomic E-state index is 12.1. The minimum Gasteiger partial charge on any atom is -0.462 e. The van der Waals surface area contributed by atoms with Crippen molar-refractivity contribution in [3.63, 3.8) is 0 Å². The molecular weight excluding hydrogens is 633 g/mol. The summed E-state index contributed by atoms with van der Waals surface area (Å²) in [7, 11) is 0. The average Bonchev–Trinajstić information content (AvgIpc) is 3.95. The van der Waals surface area contributed by atoms with Gasteiger partial charge in [0.15, 0.2) is 6.29 Å². The summed E-state index contributed by atoms with van der Waals surface area (Å²) in [6, 6.07) is 29.3. The number of epoxide rings is 1. The van der Waals surface area contributed by atoms with Gasteiger partial charge >= 0.3 is 5.97 Å². The van der Waals surface area contributed by atoms with Gasteiger partial charge in [-0.3, -0.25) is 0 Å². The number of aryl methyl sites for hydroxylation is 4. The summed E-state index contributed by atoms with van der Waals surface area (Å²) in [4.78, 5) is 12.1. The monoisotopic (exact) mass is 688 g/mol.